The molecule has 0 bridgehead atoms. The second-order valence-corrected chi connectivity index (χ2v) is 6.78. The van der Waals surface area contributed by atoms with Crippen LogP contribution >= 0.6 is 0 Å². The summed E-state index contributed by atoms with van der Waals surface area (Å²) in [6.07, 6.45) is 3.61. The number of anilines is 1. The predicted octanol–water partition coefficient (Wildman–Crippen LogP) is 2.63. The van der Waals surface area contributed by atoms with Gasteiger partial charge in [0.15, 0.2) is 0 Å². The Balaban J connectivity index is 1.74. The monoisotopic (exact) mass is 339 g/mol. The molecule has 0 amide bonds. The Morgan fingerprint density at radius 1 is 1.08 bits per heavy atom. The molecule has 1 aliphatic rings. The second kappa shape index (κ2) is 7.23. The van der Waals surface area contributed by atoms with Crippen molar-refractivity contribution < 1.29 is 9.90 Å². The van der Waals surface area contributed by atoms with Crippen LogP contribution in [0.5, 0.6) is 0 Å². The predicted molar refractivity (Wildman–Crippen MR) is 98.9 cm³/mol. The summed E-state index contributed by atoms with van der Waals surface area (Å²) in [7, 11) is 0. The van der Waals surface area contributed by atoms with E-state index >= 15 is 0 Å². The number of aliphatic carboxylic acids is 1. The molecule has 5 heteroatoms. The third kappa shape index (κ3) is 3.37. The van der Waals surface area contributed by atoms with Crippen molar-refractivity contribution in [3.63, 3.8) is 0 Å². The molecule has 3 rings (SSSR count). The molecular weight excluding hydrogens is 314 g/mol. The number of hydrogen-bond donors (Lipinski definition) is 1. The van der Waals surface area contributed by atoms with Gasteiger partial charge < -0.3 is 10.0 Å². The molecule has 2 aromatic rings. The van der Waals surface area contributed by atoms with Crippen LogP contribution in [0.15, 0.2) is 54.9 Å². The molecule has 2 heterocycles. The minimum atomic E-state index is -0.930. The van der Waals surface area contributed by atoms with Gasteiger partial charge in [-0.25, -0.2) is 0 Å². The number of hydrogen-bond acceptors (Lipinski definition) is 4. The summed E-state index contributed by atoms with van der Waals surface area (Å²) in [6, 6.07) is 13.5. The van der Waals surface area contributed by atoms with Crippen molar-refractivity contribution in [3.05, 3.63) is 60.4 Å². The van der Waals surface area contributed by atoms with E-state index in [0.717, 1.165) is 31.7 Å². The van der Waals surface area contributed by atoms with Crippen LogP contribution in [0.2, 0.25) is 0 Å². The third-order valence-electron chi connectivity index (χ3n) is 5.54. The Morgan fingerprint density at radius 2 is 1.68 bits per heavy atom. The number of carbonyl (C=O) groups is 1. The van der Waals surface area contributed by atoms with Crippen LogP contribution in [-0.2, 0) is 10.2 Å². The highest BCUT2D eigenvalue weighted by molar-refractivity contribution is 5.82. The van der Waals surface area contributed by atoms with Gasteiger partial charge in [0.1, 0.15) is 5.41 Å². The average molecular weight is 339 g/mol. The van der Waals surface area contributed by atoms with Gasteiger partial charge in [-0.2, -0.15) is 0 Å². The van der Waals surface area contributed by atoms with Crippen molar-refractivity contribution in [2.24, 2.45) is 0 Å². The van der Waals surface area contributed by atoms with Gasteiger partial charge in [0.05, 0.1) is 0 Å². The molecule has 5 nitrogen and oxygen atoms in total. The van der Waals surface area contributed by atoms with E-state index in [0.29, 0.717) is 0 Å². The zero-order chi connectivity index (χ0) is 17.9. The van der Waals surface area contributed by atoms with E-state index in [2.05, 4.69) is 14.8 Å². The highest BCUT2D eigenvalue weighted by Gasteiger charge is 2.44. The summed E-state index contributed by atoms with van der Waals surface area (Å²) < 4.78 is 0. The van der Waals surface area contributed by atoms with Crippen LogP contribution in [0.3, 0.4) is 0 Å². The standard InChI is InChI=1S/C20H25N3O2/c1-16(20(2,19(24)25)17-6-4-3-5-7-17)22-12-14-23(15-13-22)18-8-10-21-11-9-18/h3-11,16H,12-15H2,1-2H3,(H,24,25). The molecule has 2 atom stereocenters. The molecular formula is C20H25N3O2. The first-order valence-electron chi connectivity index (χ1n) is 8.71. The molecule has 0 saturated carbocycles. The molecule has 0 spiro atoms. The Bertz CT molecular complexity index is 699. The van der Waals surface area contributed by atoms with E-state index in [9.17, 15) is 9.90 Å². The van der Waals surface area contributed by atoms with Gasteiger partial charge in [-0.3, -0.25) is 14.7 Å². The summed E-state index contributed by atoms with van der Waals surface area (Å²) in [5.41, 5.74) is 1.10. The van der Waals surface area contributed by atoms with E-state index in [-0.39, 0.29) is 6.04 Å². The highest BCUT2D eigenvalue weighted by atomic mass is 16.4. The minimum absolute atomic E-state index is 0.0907. The molecule has 132 valence electrons. The van der Waals surface area contributed by atoms with Crippen molar-refractivity contribution in [3.8, 4) is 0 Å². The second-order valence-electron chi connectivity index (χ2n) is 6.78. The maximum atomic E-state index is 12.1. The van der Waals surface area contributed by atoms with Gasteiger partial charge in [-0.15, -0.1) is 0 Å². The Labute approximate surface area is 148 Å². The van der Waals surface area contributed by atoms with Crippen LogP contribution in [0.1, 0.15) is 19.4 Å². The maximum Gasteiger partial charge on any atom is 0.315 e. The Morgan fingerprint density at radius 3 is 2.24 bits per heavy atom. The van der Waals surface area contributed by atoms with Gasteiger partial charge in [-0.1, -0.05) is 30.3 Å². The fourth-order valence-corrected chi connectivity index (χ4v) is 3.62. The first-order valence-corrected chi connectivity index (χ1v) is 8.71. The van der Waals surface area contributed by atoms with Crippen LogP contribution < -0.4 is 4.90 Å². The fourth-order valence-electron chi connectivity index (χ4n) is 3.62. The van der Waals surface area contributed by atoms with Gasteiger partial charge in [-0.05, 0) is 31.5 Å². The summed E-state index contributed by atoms with van der Waals surface area (Å²) in [5.74, 6) is -0.775. The highest BCUT2D eigenvalue weighted by Crippen LogP contribution is 2.32. The van der Waals surface area contributed by atoms with Crippen LogP contribution in [0.4, 0.5) is 5.69 Å². The van der Waals surface area contributed by atoms with Crippen molar-refractivity contribution in [2.45, 2.75) is 25.3 Å². The van der Waals surface area contributed by atoms with E-state index in [1.807, 2.05) is 56.3 Å². The summed E-state index contributed by atoms with van der Waals surface area (Å²) in [4.78, 5) is 20.8. The zero-order valence-corrected chi connectivity index (χ0v) is 14.8. The summed E-state index contributed by atoms with van der Waals surface area (Å²) >= 11 is 0. The lowest BCUT2D eigenvalue weighted by atomic mass is 9.75. The quantitative estimate of drug-likeness (QED) is 0.907. The maximum absolute atomic E-state index is 12.1. The lowest BCUT2D eigenvalue weighted by Crippen LogP contribution is -2.57. The van der Waals surface area contributed by atoms with Gasteiger partial charge in [0.2, 0.25) is 0 Å². The van der Waals surface area contributed by atoms with Crippen molar-refractivity contribution in [2.75, 3.05) is 31.1 Å². The van der Waals surface area contributed by atoms with Gasteiger partial charge >= 0.3 is 5.97 Å². The molecule has 1 aromatic heterocycles. The van der Waals surface area contributed by atoms with Gasteiger partial charge in [0, 0.05) is 50.3 Å². The molecule has 1 saturated heterocycles. The number of carboxylic acids is 1. The molecule has 0 radical (unpaired) electrons. The van der Waals surface area contributed by atoms with Gasteiger partial charge in [0.25, 0.3) is 0 Å². The van der Waals surface area contributed by atoms with Crippen LogP contribution in [-0.4, -0.2) is 53.2 Å². The molecule has 2 unspecified atom stereocenters. The van der Waals surface area contributed by atoms with Crippen LogP contribution in [0, 0.1) is 0 Å². The first kappa shape index (κ1) is 17.4. The topological polar surface area (TPSA) is 56.7 Å². The minimum Gasteiger partial charge on any atom is -0.481 e. The normalized spacial score (nSPS) is 19.2. The van der Waals surface area contributed by atoms with Crippen molar-refractivity contribution >= 4 is 11.7 Å². The van der Waals surface area contributed by atoms with Crippen molar-refractivity contribution in [1.29, 1.82) is 0 Å². The van der Waals surface area contributed by atoms with Crippen molar-refractivity contribution in [1.82, 2.24) is 9.88 Å². The lowest BCUT2D eigenvalue weighted by molar-refractivity contribution is -0.146. The third-order valence-corrected chi connectivity index (χ3v) is 5.54. The molecule has 1 fully saturated rings. The number of piperazine rings is 1. The number of rotatable bonds is 5. The molecule has 1 aromatic carbocycles. The largest absolute Gasteiger partial charge is 0.481 e. The summed E-state index contributed by atoms with van der Waals surface area (Å²) in [6.45, 7) is 7.34. The SMILES string of the molecule is CC(N1CCN(c2ccncc2)CC1)C(C)(C(=O)O)c1ccccc1. The molecule has 1 aliphatic heterocycles. The smallest absolute Gasteiger partial charge is 0.315 e. The number of aromatic nitrogens is 1. The Kier molecular flexibility index (Phi) is 5.04. The first-order chi connectivity index (χ1) is 12.0. The van der Waals surface area contributed by atoms with Crippen LogP contribution in [0.25, 0.3) is 0 Å². The zero-order valence-electron chi connectivity index (χ0n) is 14.8. The lowest BCUT2D eigenvalue weighted by Gasteiger charge is -2.44. The Hall–Kier alpha value is -2.40. The molecule has 0 aliphatic carbocycles. The number of benzene rings is 1. The molecule has 1 N–H and O–H groups in total. The summed E-state index contributed by atoms with van der Waals surface area (Å²) in [5, 5.41) is 9.97. The van der Waals surface area contributed by atoms with E-state index in [4.69, 9.17) is 0 Å². The van der Waals surface area contributed by atoms with E-state index in [1.54, 1.807) is 12.4 Å². The van der Waals surface area contributed by atoms with E-state index in [1.165, 1.54) is 5.69 Å². The number of nitrogens with zero attached hydrogens (tertiary/aromatic N) is 3. The molecule has 25 heavy (non-hydrogen) atoms. The number of pyridine rings is 1. The van der Waals surface area contributed by atoms with E-state index < -0.39 is 11.4 Å². The number of carboxylic acid groups (broad SMARTS) is 1. The fraction of sp³-hybridized carbons (Fsp3) is 0.400. The average Bonchev–Trinajstić information content (AvgIpc) is 2.68.